The molecule has 2 aromatic carbocycles. The molecule has 0 heterocycles. The van der Waals surface area contributed by atoms with Crippen LogP contribution in [0.25, 0.3) is 0 Å². The maximum absolute atomic E-state index is 12.8. The van der Waals surface area contributed by atoms with Crippen molar-refractivity contribution < 1.29 is 9.18 Å². The topological polar surface area (TPSA) is 43.1 Å². The van der Waals surface area contributed by atoms with E-state index in [1.807, 2.05) is 24.3 Å². The minimum absolute atomic E-state index is 0.0488. The first-order valence-electron chi connectivity index (χ1n) is 6.76. The maximum atomic E-state index is 12.8. The quantitative estimate of drug-likeness (QED) is 0.867. The van der Waals surface area contributed by atoms with Gasteiger partial charge in [-0.3, -0.25) is 4.79 Å². The van der Waals surface area contributed by atoms with E-state index in [2.05, 4.69) is 0 Å². The molecule has 20 heavy (non-hydrogen) atoms. The Morgan fingerprint density at radius 1 is 1.20 bits per heavy atom. The fraction of sp³-hybridized carbons (Fsp3) is 0.235. The summed E-state index contributed by atoms with van der Waals surface area (Å²) in [6.07, 6.45) is 1.29. The molecular formula is C17H16FNO. The van der Waals surface area contributed by atoms with Gasteiger partial charge in [0.2, 0.25) is 0 Å². The molecule has 2 unspecified atom stereocenters. The summed E-state index contributed by atoms with van der Waals surface area (Å²) < 4.78 is 12.8. The highest BCUT2D eigenvalue weighted by molar-refractivity contribution is 5.97. The number of halogens is 1. The van der Waals surface area contributed by atoms with E-state index in [1.165, 1.54) is 12.1 Å². The van der Waals surface area contributed by atoms with E-state index < -0.39 is 0 Å². The van der Waals surface area contributed by atoms with Gasteiger partial charge in [0.15, 0.2) is 5.78 Å². The van der Waals surface area contributed by atoms with Gasteiger partial charge in [0, 0.05) is 23.9 Å². The van der Waals surface area contributed by atoms with Crippen LogP contribution in [0.15, 0.2) is 48.5 Å². The molecule has 1 fully saturated rings. The first-order valence-corrected chi connectivity index (χ1v) is 6.76. The predicted octanol–water partition coefficient (Wildman–Crippen LogP) is 3.07. The van der Waals surface area contributed by atoms with E-state index in [1.54, 1.807) is 12.1 Å². The van der Waals surface area contributed by atoms with Crippen molar-refractivity contribution in [2.75, 3.05) is 0 Å². The minimum Gasteiger partial charge on any atom is -0.327 e. The van der Waals surface area contributed by atoms with Crippen molar-refractivity contribution in [1.82, 2.24) is 0 Å². The van der Waals surface area contributed by atoms with Crippen molar-refractivity contribution in [3.05, 3.63) is 71.0 Å². The molecule has 2 nitrogen and oxygen atoms in total. The van der Waals surface area contributed by atoms with Crippen LogP contribution in [0.4, 0.5) is 4.39 Å². The monoisotopic (exact) mass is 269 g/mol. The van der Waals surface area contributed by atoms with Crippen LogP contribution < -0.4 is 5.73 Å². The first-order chi connectivity index (χ1) is 9.63. The molecule has 0 spiro atoms. The number of rotatable bonds is 4. The second-order valence-corrected chi connectivity index (χ2v) is 5.36. The Bertz CT molecular complexity index is 636. The van der Waals surface area contributed by atoms with Crippen LogP contribution in [0.5, 0.6) is 0 Å². The zero-order chi connectivity index (χ0) is 14.1. The van der Waals surface area contributed by atoms with Crippen LogP contribution >= 0.6 is 0 Å². The molecule has 0 bridgehead atoms. The van der Waals surface area contributed by atoms with Crippen molar-refractivity contribution in [3.8, 4) is 0 Å². The maximum Gasteiger partial charge on any atom is 0.167 e. The van der Waals surface area contributed by atoms with Gasteiger partial charge in [-0.15, -0.1) is 0 Å². The smallest absolute Gasteiger partial charge is 0.167 e. The van der Waals surface area contributed by atoms with E-state index in [9.17, 15) is 9.18 Å². The van der Waals surface area contributed by atoms with Crippen molar-refractivity contribution in [2.24, 2.45) is 5.73 Å². The zero-order valence-corrected chi connectivity index (χ0v) is 11.1. The lowest BCUT2D eigenvalue weighted by Crippen LogP contribution is -2.05. The average molecular weight is 269 g/mol. The SMILES string of the molecule is NC1CC1c1cccc(C(=O)Cc2ccc(F)cc2)c1. The summed E-state index contributed by atoms with van der Waals surface area (Å²) in [5.74, 6) is 0.159. The molecule has 2 aromatic rings. The summed E-state index contributed by atoms with van der Waals surface area (Å²) in [6, 6.07) is 14.0. The molecule has 102 valence electrons. The van der Waals surface area contributed by atoms with Gasteiger partial charge in [-0.1, -0.05) is 30.3 Å². The van der Waals surface area contributed by atoms with Gasteiger partial charge in [-0.05, 0) is 35.7 Å². The summed E-state index contributed by atoms with van der Waals surface area (Å²) in [7, 11) is 0. The number of Topliss-reactive ketones (excluding diaryl/α,β-unsaturated/α-hetero) is 1. The average Bonchev–Trinajstić information content (AvgIpc) is 3.19. The summed E-state index contributed by atoms with van der Waals surface area (Å²) in [6.45, 7) is 0. The number of hydrogen-bond acceptors (Lipinski definition) is 2. The lowest BCUT2D eigenvalue weighted by Gasteiger charge is -2.04. The molecule has 1 aliphatic carbocycles. The van der Waals surface area contributed by atoms with E-state index >= 15 is 0 Å². The Kier molecular flexibility index (Phi) is 3.36. The summed E-state index contributed by atoms with van der Waals surface area (Å²) in [5, 5.41) is 0. The number of hydrogen-bond donors (Lipinski definition) is 1. The van der Waals surface area contributed by atoms with Crippen LogP contribution in [0.1, 0.15) is 33.8 Å². The highest BCUT2D eigenvalue weighted by atomic mass is 19.1. The fourth-order valence-corrected chi connectivity index (χ4v) is 2.43. The Labute approximate surface area is 117 Å². The molecule has 0 radical (unpaired) electrons. The lowest BCUT2D eigenvalue weighted by molar-refractivity contribution is 0.0993. The van der Waals surface area contributed by atoms with Gasteiger partial charge in [0.1, 0.15) is 5.82 Å². The molecule has 2 N–H and O–H groups in total. The third kappa shape index (κ3) is 2.78. The lowest BCUT2D eigenvalue weighted by atomic mass is 10.00. The Morgan fingerprint density at radius 2 is 1.90 bits per heavy atom. The number of ketones is 1. The highest BCUT2D eigenvalue weighted by Gasteiger charge is 2.34. The number of benzene rings is 2. The van der Waals surface area contributed by atoms with Crippen LogP contribution in [-0.2, 0) is 6.42 Å². The van der Waals surface area contributed by atoms with Gasteiger partial charge in [0.25, 0.3) is 0 Å². The third-order valence-corrected chi connectivity index (χ3v) is 3.75. The van der Waals surface area contributed by atoms with Gasteiger partial charge in [-0.25, -0.2) is 4.39 Å². The summed E-state index contributed by atoms with van der Waals surface area (Å²) in [4.78, 5) is 12.3. The van der Waals surface area contributed by atoms with E-state index in [0.29, 0.717) is 17.9 Å². The second kappa shape index (κ2) is 5.17. The fourth-order valence-electron chi connectivity index (χ4n) is 2.43. The number of nitrogens with two attached hydrogens (primary N) is 1. The van der Waals surface area contributed by atoms with Gasteiger partial charge in [0.05, 0.1) is 0 Å². The van der Waals surface area contributed by atoms with E-state index in [4.69, 9.17) is 5.73 Å². The number of carbonyl (C=O) groups is 1. The molecule has 0 saturated heterocycles. The van der Waals surface area contributed by atoms with Gasteiger partial charge in [-0.2, -0.15) is 0 Å². The molecule has 1 saturated carbocycles. The molecule has 3 heteroatoms. The standard InChI is InChI=1S/C17H16FNO/c18-14-6-4-11(5-7-14)8-17(20)13-3-1-2-12(9-13)15-10-16(15)19/h1-7,9,15-16H,8,10,19H2. The second-order valence-electron chi connectivity index (χ2n) is 5.36. The van der Waals surface area contributed by atoms with Gasteiger partial charge >= 0.3 is 0 Å². The molecule has 0 aliphatic heterocycles. The minimum atomic E-state index is -0.286. The van der Waals surface area contributed by atoms with Crippen LogP contribution in [-0.4, -0.2) is 11.8 Å². The van der Waals surface area contributed by atoms with Crippen molar-refractivity contribution in [1.29, 1.82) is 0 Å². The van der Waals surface area contributed by atoms with E-state index in [0.717, 1.165) is 17.5 Å². The Hall–Kier alpha value is -2.00. The van der Waals surface area contributed by atoms with Crippen LogP contribution in [0.3, 0.4) is 0 Å². The van der Waals surface area contributed by atoms with Crippen molar-refractivity contribution in [2.45, 2.75) is 24.8 Å². The predicted molar refractivity (Wildman–Crippen MR) is 76.2 cm³/mol. The van der Waals surface area contributed by atoms with Gasteiger partial charge < -0.3 is 5.73 Å². The van der Waals surface area contributed by atoms with Crippen molar-refractivity contribution >= 4 is 5.78 Å². The number of carbonyl (C=O) groups excluding carboxylic acids is 1. The van der Waals surface area contributed by atoms with E-state index in [-0.39, 0.29) is 17.6 Å². The normalized spacial score (nSPS) is 20.7. The molecule has 0 amide bonds. The molecule has 1 aliphatic rings. The molecule has 3 rings (SSSR count). The Balaban J connectivity index is 1.75. The third-order valence-electron chi connectivity index (χ3n) is 3.75. The molecular weight excluding hydrogens is 253 g/mol. The molecule has 0 aromatic heterocycles. The highest BCUT2D eigenvalue weighted by Crippen LogP contribution is 2.39. The van der Waals surface area contributed by atoms with Crippen molar-refractivity contribution in [3.63, 3.8) is 0 Å². The Morgan fingerprint density at radius 3 is 2.55 bits per heavy atom. The molecule has 2 atom stereocenters. The first kappa shape index (κ1) is 13.0. The summed E-state index contributed by atoms with van der Waals surface area (Å²) >= 11 is 0. The van der Waals surface area contributed by atoms with Crippen LogP contribution in [0.2, 0.25) is 0 Å². The summed E-state index contributed by atoms with van der Waals surface area (Å²) in [5.41, 5.74) is 8.51. The largest absolute Gasteiger partial charge is 0.327 e. The zero-order valence-electron chi connectivity index (χ0n) is 11.1. The van der Waals surface area contributed by atoms with Crippen LogP contribution in [0, 0.1) is 5.82 Å².